The van der Waals surface area contributed by atoms with Crippen molar-refractivity contribution in [2.75, 3.05) is 0 Å². The summed E-state index contributed by atoms with van der Waals surface area (Å²) in [5.74, 6) is 0.864. The SMILES string of the molecule is N#Cc1ccc(OC2CCCCCC2)cc1Br. The van der Waals surface area contributed by atoms with Gasteiger partial charge in [0.05, 0.1) is 11.7 Å². The minimum Gasteiger partial charge on any atom is -0.490 e. The van der Waals surface area contributed by atoms with E-state index in [0.29, 0.717) is 11.7 Å². The molecule has 0 unspecified atom stereocenters. The quantitative estimate of drug-likeness (QED) is 0.756. The van der Waals surface area contributed by atoms with Gasteiger partial charge >= 0.3 is 0 Å². The van der Waals surface area contributed by atoms with Crippen LogP contribution in [0.5, 0.6) is 5.75 Å². The van der Waals surface area contributed by atoms with E-state index in [0.717, 1.165) is 23.1 Å². The average Bonchev–Trinajstić information content (AvgIpc) is 2.58. The number of hydrogen-bond acceptors (Lipinski definition) is 2. The van der Waals surface area contributed by atoms with Gasteiger partial charge in [-0.25, -0.2) is 0 Å². The van der Waals surface area contributed by atoms with Crippen LogP contribution in [-0.4, -0.2) is 6.10 Å². The van der Waals surface area contributed by atoms with Gasteiger partial charge in [0.15, 0.2) is 0 Å². The van der Waals surface area contributed by atoms with Crippen LogP contribution in [-0.2, 0) is 0 Å². The molecule has 0 radical (unpaired) electrons. The lowest BCUT2D eigenvalue weighted by molar-refractivity contribution is 0.183. The van der Waals surface area contributed by atoms with E-state index in [4.69, 9.17) is 10.00 Å². The second-order valence-electron chi connectivity index (χ2n) is 4.48. The molecule has 0 N–H and O–H groups in total. The van der Waals surface area contributed by atoms with Crippen LogP contribution in [0.3, 0.4) is 0 Å². The maximum Gasteiger partial charge on any atom is 0.120 e. The van der Waals surface area contributed by atoms with Gasteiger partial charge in [0.2, 0.25) is 0 Å². The number of ether oxygens (including phenoxy) is 1. The van der Waals surface area contributed by atoms with E-state index in [2.05, 4.69) is 22.0 Å². The van der Waals surface area contributed by atoms with Crippen LogP contribution in [0.15, 0.2) is 22.7 Å². The summed E-state index contributed by atoms with van der Waals surface area (Å²) in [5.41, 5.74) is 0.651. The lowest BCUT2D eigenvalue weighted by Crippen LogP contribution is -2.15. The van der Waals surface area contributed by atoms with E-state index in [9.17, 15) is 0 Å². The highest BCUT2D eigenvalue weighted by Crippen LogP contribution is 2.26. The van der Waals surface area contributed by atoms with E-state index in [1.54, 1.807) is 6.07 Å². The number of nitrogens with zero attached hydrogens (tertiary/aromatic N) is 1. The molecule has 0 saturated heterocycles. The molecule has 3 heteroatoms. The van der Waals surface area contributed by atoms with Crippen molar-refractivity contribution < 1.29 is 4.74 Å². The number of rotatable bonds is 2. The van der Waals surface area contributed by atoms with Gasteiger partial charge in [0.1, 0.15) is 11.8 Å². The van der Waals surface area contributed by atoms with E-state index < -0.39 is 0 Å². The van der Waals surface area contributed by atoms with Crippen molar-refractivity contribution in [2.45, 2.75) is 44.6 Å². The lowest BCUT2D eigenvalue weighted by atomic mass is 10.1. The fourth-order valence-electron chi connectivity index (χ4n) is 2.21. The van der Waals surface area contributed by atoms with Crippen molar-refractivity contribution in [3.63, 3.8) is 0 Å². The van der Waals surface area contributed by atoms with Crippen molar-refractivity contribution in [3.05, 3.63) is 28.2 Å². The van der Waals surface area contributed by atoms with Crippen molar-refractivity contribution in [2.24, 2.45) is 0 Å². The summed E-state index contributed by atoms with van der Waals surface area (Å²) in [6, 6.07) is 7.71. The molecule has 2 nitrogen and oxygen atoms in total. The first-order valence-corrected chi connectivity index (χ1v) is 6.95. The molecule has 0 aromatic heterocycles. The highest BCUT2D eigenvalue weighted by molar-refractivity contribution is 9.10. The van der Waals surface area contributed by atoms with Gasteiger partial charge in [-0.2, -0.15) is 5.26 Å². The maximum atomic E-state index is 8.85. The molecule has 1 saturated carbocycles. The van der Waals surface area contributed by atoms with Gasteiger partial charge in [-0.15, -0.1) is 0 Å². The Hall–Kier alpha value is -1.01. The first-order chi connectivity index (χ1) is 8.29. The Morgan fingerprint density at radius 3 is 2.47 bits per heavy atom. The molecule has 0 atom stereocenters. The molecule has 1 aliphatic rings. The van der Waals surface area contributed by atoms with Gasteiger partial charge in [0.25, 0.3) is 0 Å². The zero-order valence-electron chi connectivity index (χ0n) is 9.79. The Bertz CT molecular complexity index is 417. The van der Waals surface area contributed by atoms with Crippen LogP contribution < -0.4 is 4.74 Å². The third-order valence-electron chi connectivity index (χ3n) is 3.17. The van der Waals surface area contributed by atoms with Crippen LogP contribution in [0.4, 0.5) is 0 Å². The molecular formula is C14H16BrNO. The summed E-state index contributed by atoms with van der Waals surface area (Å²) in [4.78, 5) is 0. The molecule has 0 aliphatic heterocycles. The maximum absolute atomic E-state index is 8.85. The highest BCUT2D eigenvalue weighted by Gasteiger charge is 2.14. The highest BCUT2D eigenvalue weighted by atomic mass is 79.9. The first kappa shape index (κ1) is 12.4. The van der Waals surface area contributed by atoms with Gasteiger partial charge < -0.3 is 4.74 Å². The number of hydrogen-bond donors (Lipinski definition) is 0. The summed E-state index contributed by atoms with van der Waals surface area (Å²) in [6.45, 7) is 0. The molecule has 1 aliphatic carbocycles. The van der Waals surface area contributed by atoms with Gasteiger partial charge in [-0.05, 0) is 59.8 Å². The molecule has 0 amide bonds. The molecule has 0 spiro atoms. The monoisotopic (exact) mass is 293 g/mol. The standard InChI is InChI=1S/C14H16BrNO/c15-14-9-13(8-7-11(14)10-16)17-12-5-3-1-2-4-6-12/h7-9,12H,1-6H2. The Balaban J connectivity index is 2.03. The van der Waals surface area contributed by atoms with Crippen LogP contribution in [0, 0.1) is 11.3 Å². The van der Waals surface area contributed by atoms with Crippen LogP contribution in [0.25, 0.3) is 0 Å². The fourth-order valence-corrected chi connectivity index (χ4v) is 2.66. The first-order valence-electron chi connectivity index (χ1n) is 6.16. The Morgan fingerprint density at radius 1 is 1.18 bits per heavy atom. The van der Waals surface area contributed by atoms with Crippen LogP contribution in [0.2, 0.25) is 0 Å². The Kier molecular flexibility index (Phi) is 4.44. The van der Waals surface area contributed by atoms with Crippen molar-refractivity contribution in [1.82, 2.24) is 0 Å². The zero-order valence-corrected chi connectivity index (χ0v) is 11.4. The molecule has 1 aromatic carbocycles. The van der Waals surface area contributed by atoms with Crippen LogP contribution >= 0.6 is 15.9 Å². The zero-order chi connectivity index (χ0) is 12.1. The van der Waals surface area contributed by atoms with Gasteiger partial charge in [-0.3, -0.25) is 0 Å². The Morgan fingerprint density at radius 2 is 1.88 bits per heavy atom. The molecule has 17 heavy (non-hydrogen) atoms. The average molecular weight is 294 g/mol. The molecule has 0 heterocycles. The van der Waals surface area contributed by atoms with Gasteiger partial charge in [-0.1, -0.05) is 12.8 Å². The van der Waals surface area contributed by atoms with Gasteiger partial charge in [0, 0.05) is 4.47 Å². The molecule has 1 aromatic rings. The largest absolute Gasteiger partial charge is 0.490 e. The third-order valence-corrected chi connectivity index (χ3v) is 3.82. The third kappa shape index (κ3) is 3.47. The normalized spacial score (nSPS) is 17.2. The van der Waals surface area contributed by atoms with Crippen molar-refractivity contribution >= 4 is 15.9 Å². The minimum absolute atomic E-state index is 0.345. The second kappa shape index (κ2) is 6.07. The molecule has 2 rings (SSSR count). The molecular weight excluding hydrogens is 278 g/mol. The minimum atomic E-state index is 0.345. The predicted molar refractivity (Wildman–Crippen MR) is 71.0 cm³/mol. The van der Waals surface area contributed by atoms with E-state index in [1.165, 1.54) is 25.7 Å². The fraction of sp³-hybridized carbons (Fsp3) is 0.500. The summed E-state index contributed by atoms with van der Waals surface area (Å²) in [5, 5.41) is 8.85. The summed E-state index contributed by atoms with van der Waals surface area (Å²) >= 11 is 3.39. The van der Waals surface area contributed by atoms with E-state index >= 15 is 0 Å². The second-order valence-corrected chi connectivity index (χ2v) is 5.34. The molecule has 90 valence electrons. The molecule has 1 fully saturated rings. The van der Waals surface area contributed by atoms with Crippen molar-refractivity contribution in [3.8, 4) is 11.8 Å². The number of nitriles is 1. The summed E-state index contributed by atoms with van der Waals surface area (Å²) < 4.78 is 6.79. The molecule has 0 bridgehead atoms. The topological polar surface area (TPSA) is 33.0 Å². The summed E-state index contributed by atoms with van der Waals surface area (Å²) in [6.07, 6.45) is 7.84. The summed E-state index contributed by atoms with van der Waals surface area (Å²) in [7, 11) is 0. The van der Waals surface area contributed by atoms with E-state index in [-0.39, 0.29) is 0 Å². The number of halogens is 1. The Labute approximate surface area is 111 Å². The van der Waals surface area contributed by atoms with E-state index in [1.807, 2.05) is 12.1 Å². The lowest BCUT2D eigenvalue weighted by Gasteiger charge is -2.17. The number of benzene rings is 1. The van der Waals surface area contributed by atoms with Crippen molar-refractivity contribution in [1.29, 1.82) is 5.26 Å². The smallest absolute Gasteiger partial charge is 0.120 e. The van der Waals surface area contributed by atoms with Crippen LogP contribution in [0.1, 0.15) is 44.1 Å². The predicted octanol–water partition coefficient (Wildman–Crippen LogP) is 4.42.